The molecule has 1 aromatic heterocycles. The van der Waals surface area contributed by atoms with Crippen molar-refractivity contribution in [2.45, 2.75) is 49.1 Å². The number of hydrogen-bond acceptors (Lipinski definition) is 6. The average molecular weight is 476 g/mol. The summed E-state index contributed by atoms with van der Waals surface area (Å²) in [5.41, 5.74) is 2.58. The molecule has 5 rings (SSSR count). The van der Waals surface area contributed by atoms with Gasteiger partial charge >= 0.3 is 5.97 Å². The van der Waals surface area contributed by atoms with Crippen LogP contribution in [0.3, 0.4) is 0 Å². The summed E-state index contributed by atoms with van der Waals surface area (Å²) in [6.07, 6.45) is 1.90. The van der Waals surface area contributed by atoms with Crippen LogP contribution in [0.25, 0.3) is 10.9 Å². The van der Waals surface area contributed by atoms with E-state index >= 15 is 0 Å². The Hall–Kier alpha value is -3.39. The number of pyridine rings is 1. The maximum Gasteiger partial charge on any atom is 0.330 e. The molecule has 7 nitrogen and oxygen atoms in total. The summed E-state index contributed by atoms with van der Waals surface area (Å²) in [4.78, 5) is 44.5. The highest BCUT2D eigenvalue weighted by Gasteiger charge is 2.64. The fourth-order valence-electron chi connectivity index (χ4n) is 4.64. The summed E-state index contributed by atoms with van der Waals surface area (Å²) >= 11 is 1.52. The molecule has 3 aromatic rings. The molecule has 0 radical (unpaired) electrons. The molecule has 3 atom stereocenters. The summed E-state index contributed by atoms with van der Waals surface area (Å²) in [5, 5.41) is 3.49. The van der Waals surface area contributed by atoms with Crippen LogP contribution in [0.15, 0.2) is 66.9 Å². The number of thioether (sulfide) groups is 1. The van der Waals surface area contributed by atoms with Crippen LogP contribution in [0.4, 0.5) is 0 Å². The lowest BCUT2D eigenvalue weighted by molar-refractivity contribution is -0.165. The average Bonchev–Trinajstić information content (AvgIpc) is 3.09. The van der Waals surface area contributed by atoms with Crippen LogP contribution in [-0.2, 0) is 32.1 Å². The molecule has 2 aliphatic rings. The predicted molar refractivity (Wildman–Crippen MR) is 130 cm³/mol. The third kappa shape index (κ3) is 4.03. The normalized spacial score (nSPS) is 22.7. The molecule has 2 saturated heterocycles. The van der Waals surface area contributed by atoms with Gasteiger partial charge in [-0.2, -0.15) is 0 Å². The Morgan fingerprint density at radius 2 is 1.82 bits per heavy atom. The largest absolute Gasteiger partial charge is 0.459 e. The zero-order chi connectivity index (χ0) is 23.9. The standard InChI is InChI=1S/C26H25N3O4S/c1-26(2)22(25(32)33-15-17-12-13-27-19-11-7-6-10-18(17)19)29-23(31)21(24(29)34-26)28-20(30)14-16-8-4-3-5-9-16/h3-13,21-22,24H,14-15H2,1-2H3,(H,28,30)/t21-,22+,24-/m1/s1. The fourth-order valence-corrected chi connectivity index (χ4v) is 6.26. The van der Waals surface area contributed by atoms with Crippen LogP contribution in [0.5, 0.6) is 0 Å². The number of amides is 2. The highest BCUT2D eigenvalue weighted by molar-refractivity contribution is 8.01. The van der Waals surface area contributed by atoms with Gasteiger partial charge in [0.05, 0.1) is 11.9 Å². The number of fused-ring (bicyclic) bond motifs is 2. The van der Waals surface area contributed by atoms with Crippen molar-refractivity contribution >= 4 is 40.4 Å². The Labute approximate surface area is 201 Å². The maximum absolute atomic E-state index is 13.1. The van der Waals surface area contributed by atoms with Gasteiger partial charge in [-0.05, 0) is 31.5 Å². The second kappa shape index (κ2) is 8.76. The molecule has 2 fully saturated rings. The van der Waals surface area contributed by atoms with Crippen LogP contribution in [0.1, 0.15) is 25.0 Å². The number of carbonyl (C=O) groups is 3. The molecule has 34 heavy (non-hydrogen) atoms. The van der Waals surface area contributed by atoms with E-state index in [0.717, 1.165) is 22.0 Å². The molecule has 1 N–H and O–H groups in total. The number of β-lactam (4-membered cyclic amide) rings is 1. The molecule has 2 aliphatic heterocycles. The molecule has 0 unspecified atom stereocenters. The molecule has 2 amide bonds. The van der Waals surface area contributed by atoms with Gasteiger partial charge in [-0.3, -0.25) is 14.6 Å². The lowest BCUT2D eigenvalue weighted by atomic mass is 9.95. The molecule has 3 heterocycles. The Balaban J connectivity index is 1.25. The minimum absolute atomic E-state index is 0.100. The molecular weight excluding hydrogens is 450 g/mol. The summed E-state index contributed by atoms with van der Waals surface area (Å²) in [6.45, 7) is 3.96. The van der Waals surface area contributed by atoms with Crippen molar-refractivity contribution in [2.24, 2.45) is 0 Å². The van der Waals surface area contributed by atoms with Crippen LogP contribution in [0.2, 0.25) is 0 Å². The molecular formula is C26H25N3O4S. The van der Waals surface area contributed by atoms with Crippen LogP contribution in [-0.4, -0.2) is 49.9 Å². The number of nitrogens with zero attached hydrogens (tertiary/aromatic N) is 2. The molecule has 174 valence electrons. The van der Waals surface area contributed by atoms with E-state index in [1.807, 2.05) is 74.5 Å². The summed E-state index contributed by atoms with van der Waals surface area (Å²) in [5.74, 6) is -0.901. The lowest BCUT2D eigenvalue weighted by Crippen LogP contribution is -2.70. The third-order valence-corrected chi connectivity index (χ3v) is 7.87. The predicted octanol–water partition coefficient (Wildman–Crippen LogP) is 3.07. The second-order valence-electron chi connectivity index (χ2n) is 9.06. The number of nitrogens with one attached hydrogen (secondary N) is 1. The number of ether oxygens (including phenoxy) is 1. The highest BCUT2D eigenvalue weighted by Crippen LogP contribution is 2.51. The first-order valence-corrected chi connectivity index (χ1v) is 12.1. The summed E-state index contributed by atoms with van der Waals surface area (Å²) in [7, 11) is 0. The van der Waals surface area contributed by atoms with Crippen LogP contribution < -0.4 is 5.32 Å². The topological polar surface area (TPSA) is 88.6 Å². The number of esters is 1. The number of rotatable bonds is 6. The number of benzene rings is 2. The summed E-state index contributed by atoms with van der Waals surface area (Å²) < 4.78 is 5.15. The first-order valence-electron chi connectivity index (χ1n) is 11.2. The van der Waals surface area contributed by atoms with Gasteiger partial charge in [0.1, 0.15) is 24.1 Å². The third-order valence-electron chi connectivity index (χ3n) is 6.30. The Kier molecular flexibility index (Phi) is 5.77. The zero-order valence-corrected chi connectivity index (χ0v) is 19.7. The molecule has 0 spiro atoms. The Morgan fingerprint density at radius 3 is 2.62 bits per heavy atom. The van der Waals surface area contributed by atoms with E-state index in [1.165, 1.54) is 11.8 Å². The number of hydrogen-bond donors (Lipinski definition) is 1. The highest BCUT2D eigenvalue weighted by atomic mass is 32.2. The number of aromatic nitrogens is 1. The first-order chi connectivity index (χ1) is 16.3. The molecule has 0 aliphatic carbocycles. The monoisotopic (exact) mass is 475 g/mol. The minimum Gasteiger partial charge on any atom is -0.459 e. The van der Waals surface area contributed by atoms with Gasteiger partial charge in [0.15, 0.2) is 0 Å². The lowest BCUT2D eigenvalue weighted by Gasteiger charge is -2.44. The molecule has 0 bridgehead atoms. The second-order valence-corrected chi connectivity index (χ2v) is 10.8. The number of para-hydroxylation sites is 1. The van der Waals surface area contributed by atoms with Crippen molar-refractivity contribution in [3.8, 4) is 0 Å². The van der Waals surface area contributed by atoms with Gasteiger partial charge in [0, 0.05) is 21.9 Å². The molecule has 0 saturated carbocycles. The van der Waals surface area contributed by atoms with E-state index < -0.39 is 22.8 Å². The van der Waals surface area contributed by atoms with Gasteiger partial charge in [-0.1, -0.05) is 48.5 Å². The van der Waals surface area contributed by atoms with E-state index in [0.29, 0.717) is 0 Å². The number of carbonyl (C=O) groups excluding carboxylic acids is 3. The van der Waals surface area contributed by atoms with Gasteiger partial charge in [0.2, 0.25) is 11.8 Å². The van der Waals surface area contributed by atoms with E-state index in [9.17, 15) is 14.4 Å². The van der Waals surface area contributed by atoms with Crippen LogP contribution in [0, 0.1) is 0 Å². The van der Waals surface area contributed by atoms with Crippen molar-refractivity contribution in [3.05, 3.63) is 78.0 Å². The SMILES string of the molecule is CC1(C)S[C@@H]2[C@H](NC(=O)Cc3ccccc3)C(=O)N2[C@H]1C(=O)OCc1ccnc2ccccc12. The van der Waals surface area contributed by atoms with Gasteiger partial charge < -0.3 is 15.0 Å². The van der Waals surface area contributed by atoms with Crippen molar-refractivity contribution in [2.75, 3.05) is 0 Å². The van der Waals surface area contributed by atoms with Gasteiger partial charge in [0.25, 0.3) is 0 Å². The molecule has 8 heteroatoms. The maximum atomic E-state index is 13.1. The van der Waals surface area contributed by atoms with Gasteiger partial charge in [-0.15, -0.1) is 11.8 Å². The molecule has 2 aromatic carbocycles. The fraction of sp³-hybridized carbons (Fsp3) is 0.308. The van der Waals surface area contributed by atoms with Gasteiger partial charge in [-0.25, -0.2) is 4.79 Å². The summed E-state index contributed by atoms with van der Waals surface area (Å²) in [6, 6.07) is 17.6. The van der Waals surface area contributed by atoms with E-state index in [4.69, 9.17) is 4.74 Å². The quantitative estimate of drug-likeness (QED) is 0.436. The Morgan fingerprint density at radius 1 is 1.09 bits per heavy atom. The van der Waals surface area contributed by atoms with Crippen molar-refractivity contribution in [3.63, 3.8) is 0 Å². The van der Waals surface area contributed by atoms with E-state index in [-0.39, 0.29) is 30.2 Å². The van der Waals surface area contributed by atoms with Crippen molar-refractivity contribution in [1.82, 2.24) is 15.2 Å². The Bertz CT molecular complexity index is 1260. The van der Waals surface area contributed by atoms with E-state index in [1.54, 1.807) is 11.1 Å². The zero-order valence-electron chi connectivity index (χ0n) is 18.9. The van der Waals surface area contributed by atoms with Crippen LogP contribution >= 0.6 is 11.8 Å². The minimum atomic E-state index is -0.717. The van der Waals surface area contributed by atoms with Crippen molar-refractivity contribution in [1.29, 1.82) is 0 Å². The van der Waals surface area contributed by atoms with Crippen molar-refractivity contribution < 1.29 is 19.1 Å². The first kappa shape index (κ1) is 22.4. The van der Waals surface area contributed by atoms with E-state index in [2.05, 4.69) is 10.3 Å². The smallest absolute Gasteiger partial charge is 0.330 e.